The van der Waals surface area contributed by atoms with E-state index in [-0.39, 0.29) is 21.1 Å². The van der Waals surface area contributed by atoms with Crippen LogP contribution in [0.4, 0.5) is 0 Å². The molecule has 1 saturated heterocycles. The van der Waals surface area contributed by atoms with Crippen LogP contribution < -0.4 is 5.32 Å². The van der Waals surface area contributed by atoms with Crippen LogP contribution in [-0.4, -0.2) is 13.1 Å². The first-order chi connectivity index (χ1) is 4.41. The first-order valence-corrected chi connectivity index (χ1v) is 4.12. The molecule has 1 N–H and O–H groups in total. The summed E-state index contributed by atoms with van der Waals surface area (Å²) in [4.78, 5) is 0. The van der Waals surface area contributed by atoms with Gasteiger partial charge in [0.1, 0.15) is 0 Å². The van der Waals surface area contributed by atoms with Crippen molar-refractivity contribution in [2.24, 2.45) is 5.41 Å². The van der Waals surface area contributed by atoms with Gasteiger partial charge in [-0.25, -0.2) is 0 Å². The molecule has 0 unspecified atom stereocenters. The summed E-state index contributed by atoms with van der Waals surface area (Å²) in [6, 6.07) is 0. The van der Waals surface area contributed by atoms with Crippen molar-refractivity contribution in [3.8, 4) is 0 Å². The molecule has 0 aromatic rings. The number of hydrogen-bond acceptors (Lipinski definition) is 1. The largest absolute Gasteiger partial charge is 0.316 e. The van der Waals surface area contributed by atoms with Gasteiger partial charge in [-0.05, 0) is 31.2 Å². The molecule has 2 heteroatoms. The molecule has 1 spiro atoms. The average molecular weight is 309 g/mol. The van der Waals surface area contributed by atoms with E-state index in [9.17, 15) is 0 Å². The third-order valence-electron chi connectivity index (χ3n) is 3.00. The minimum atomic E-state index is 0. The molecule has 2 rings (SSSR count). The summed E-state index contributed by atoms with van der Waals surface area (Å²) in [7, 11) is 0. The summed E-state index contributed by atoms with van der Waals surface area (Å²) in [6.45, 7) is 2.59. The molecule has 0 amide bonds. The van der Waals surface area contributed by atoms with Crippen LogP contribution in [-0.2, 0) is 21.1 Å². The van der Waals surface area contributed by atoms with Gasteiger partial charge in [-0.3, -0.25) is 0 Å². The molecule has 0 aromatic carbocycles. The van der Waals surface area contributed by atoms with E-state index in [4.69, 9.17) is 0 Å². The van der Waals surface area contributed by atoms with E-state index in [1.807, 2.05) is 0 Å². The van der Waals surface area contributed by atoms with Crippen LogP contribution in [0.25, 0.3) is 0 Å². The Morgan fingerprint density at radius 3 is 2.20 bits per heavy atom. The second-order valence-electron chi connectivity index (χ2n) is 3.63. The van der Waals surface area contributed by atoms with E-state index in [1.165, 1.54) is 45.2 Å². The Labute approximate surface area is 77.2 Å². The minimum absolute atomic E-state index is 0. The van der Waals surface area contributed by atoms with Crippen LogP contribution in [0, 0.1) is 5.41 Å². The van der Waals surface area contributed by atoms with Gasteiger partial charge in [-0.15, -0.1) is 0 Å². The maximum absolute atomic E-state index is 3.46. The number of nitrogens with one attached hydrogen (secondary N) is 1. The standard InChI is InChI=1S/C8H15N.W/c1-2-4-8(3-1)5-6-9-7-8;/h9H,1-7H2;. The molecule has 1 nitrogen and oxygen atoms in total. The topological polar surface area (TPSA) is 12.0 Å². The molecule has 58 valence electrons. The maximum Gasteiger partial charge on any atom is 0.000829 e. The van der Waals surface area contributed by atoms with Crippen molar-refractivity contribution in [1.29, 1.82) is 0 Å². The van der Waals surface area contributed by atoms with E-state index in [2.05, 4.69) is 5.32 Å². The Morgan fingerprint density at radius 1 is 1.00 bits per heavy atom. The van der Waals surface area contributed by atoms with Crippen LogP contribution in [0.2, 0.25) is 0 Å². The first-order valence-electron chi connectivity index (χ1n) is 4.12. The van der Waals surface area contributed by atoms with Gasteiger partial charge in [0.05, 0.1) is 0 Å². The fraction of sp³-hybridized carbons (Fsp3) is 1.00. The monoisotopic (exact) mass is 309 g/mol. The zero-order valence-electron chi connectivity index (χ0n) is 6.36. The molecule has 10 heavy (non-hydrogen) atoms. The Morgan fingerprint density at radius 2 is 1.70 bits per heavy atom. The molecular formula is C8H15NW. The molecule has 1 heterocycles. The van der Waals surface area contributed by atoms with Gasteiger partial charge in [0.15, 0.2) is 0 Å². The van der Waals surface area contributed by atoms with E-state index < -0.39 is 0 Å². The second-order valence-corrected chi connectivity index (χ2v) is 3.63. The van der Waals surface area contributed by atoms with Crippen LogP contribution in [0.15, 0.2) is 0 Å². The molecule has 0 bridgehead atoms. The molecule has 0 radical (unpaired) electrons. The Balaban J connectivity index is 0.000000500. The van der Waals surface area contributed by atoms with Gasteiger partial charge in [0.25, 0.3) is 0 Å². The molecule has 0 aromatic heterocycles. The van der Waals surface area contributed by atoms with Crippen molar-refractivity contribution in [3.05, 3.63) is 0 Å². The van der Waals surface area contributed by atoms with Gasteiger partial charge in [-0.1, -0.05) is 12.8 Å². The van der Waals surface area contributed by atoms with Crippen molar-refractivity contribution < 1.29 is 21.1 Å². The van der Waals surface area contributed by atoms with Crippen LogP contribution in [0.5, 0.6) is 0 Å². The van der Waals surface area contributed by atoms with Gasteiger partial charge in [0.2, 0.25) is 0 Å². The summed E-state index contributed by atoms with van der Waals surface area (Å²) in [5, 5.41) is 3.46. The molecule has 0 atom stereocenters. The maximum atomic E-state index is 3.46. The molecule has 2 fully saturated rings. The van der Waals surface area contributed by atoms with E-state index in [0.29, 0.717) is 0 Å². The van der Waals surface area contributed by atoms with Crippen LogP contribution >= 0.6 is 0 Å². The average Bonchev–Trinajstić information content (AvgIpc) is 2.45. The van der Waals surface area contributed by atoms with Crippen LogP contribution in [0.1, 0.15) is 32.1 Å². The Bertz CT molecular complexity index is 84.3. The van der Waals surface area contributed by atoms with Gasteiger partial charge in [0, 0.05) is 27.6 Å². The molecule has 2 aliphatic rings. The molecule has 1 aliphatic heterocycles. The summed E-state index contributed by atoms with van der Waals surface area (Å²) in [6.07, 6.45) is 7.43. The van der Waals surface area contributed by atoms with Crippen LogP contribution in [0.3, 0.4) is 0 Å². The zero-order chi connectivity index (χ0) is 6.16. The third-order valence-corrected chi connectivity index (χ3v) is 3.00. The van der Waals surface area contributed by atoms with Crippen molar-refractivity contribution >= 4 is 0 Å². The number of rotatable bonds is 0. The molecule has 1 aliphatic carbocycles. The number of hydrogen-bond donors (Lipinski definition) is 1. The summed E-state index contributed by atoms with van der Waals surface area (Å²) < 4.78 is 0. The Hall–Kier alpha value is 0.648. The summed E-state index contributed by atoms with van der Waals surface area (Å²) in [5.74, 6) is 0. The SMILES string of the molecule is C1CCC2(C1)CCNC2.[W]. The summed E-state index contributed by atoms with van der Waals surface area (Å²) in [5.41, 5.74) is 0.778. The van der Waals surface area contributed by atoms with Gasteiger partial charge < -0.3 is 5.32 Å². The van der Waals surface area contributed by atoms with Gasteiger partial charge in [-0.2, -0.15) is 0 Å². The fourth-order valence-corrected chi connectivity index (χ4v) is 2.35. The molecule has 1 saturated carbocycles. The predicted octanol–water partition coefficient (Wildman–Crippen LogP) is 1.54. The van der Waals surface area contributed by atoms with E-state index in [0.717, 1.165) is 5.41 Å². The fourth-order valence-electron chi connectivity index (χ4n) is 2.35. The normalized spacial score (nSPS) is 28.8. The predicted molar refractivity (Wildman–Crippen MR) is 38.4 cm³/mol. The Kier molecular flexibility index (Phi) is 2.94. The second kappa shape index (κ2) is 3.36. The zero-order valence-corrected chi connectivity index (χ0v) is 9.29. The quantitative estimate of drug-likeness (QED) is 0.716. The molecular weight excluding hydrogens is 294 g/mol. The minimum Gasteiger partial charge on any atom is -0.316 e. The first kappa shape index (κ1) is 8.74. The van der Waals surface area contributed by atoms with Crippen molar-refractivity contribution in [2.45, 2.75) is 32.1 Å². The van der Waals surface area contributed by atoms with Crippen molar-refractivity contribution in [1.82, 2.24) is 5.32 Å². The smallest absolute Gasteiger partial charge is 0.000829 e. The van der Waals surface area contributed by atoms with E-state index >= 15 is 0 Å². The third kappa shape index (κ3) is 1.45. The summed E-state index contributed by atoms with van der Waals surface area (Å²) >= 11 is 0. The van der Waals surface area contributed by atoms with Crippen molar-refractivity contribution in [2.75, 3.05) is 13.1 Å². The van der Waals surface area contributed by atoms with Crippen molar-refractivity contribution in [3.63, 3.8) is 0 Å². The van der Waals surface area contributed by atoms with Gasteiger partial charge >= 0.3 is 0 Å². The van der Waals surface area contributed by atoms with E-state index in [1.54, 1.807) is 0 Å².